The Bertz CT molecular complexity index is 429. The van der Waals surface area contributed by atoms with E-state index in [1.54, 1.807) is 6.07 Å². The molecule has 1 aromatic rings. The van der Waals surface area contributed by atoms with Crippen LogP contribution in [0.4, 0.5) is 5.82 Å². The molecule has 1 aliphatic rings. The van der Waals surface area contributed by atoms with E-state index in [-0.39, 0.29) is 5.92 Å². The van der Waals surface area contributed by atoms with Crippen LogP contribution in [0.2, 0.25) is 5.02 Å². The minimum Gasteiger partial charge on any atom is -0.355 e. The summed E-state index contributed by atoms with van der Waals surface area (Å²) in [5, 5.41) is 0.485. The first kappa shape index (κ1) is 12.0. The van der Waals surface area contributed by atoms with Gasteiger partial charge in [-0.1, -0.05) is 11.6 Å². The second-order valence-corrected chi connectivity index (χ2v) is 4.56. The number of anilines is 1. The van der Waals surface area contributed by atoms with Crippen LogP contribution in [0, 0.1) is 5.92 Å². The third-order valence-electron chi connectivity index (χ3n) is 3.01. The van der Waals surface area contributed by atoms with E-state index < -0.39 is 0 Å². The summed E-state index contributed by atoms with van der Waals surface area (Å²) in [6.45, 7) is 1.55. The molecule has 1 saturated heterocycles. The van der Waals surface area contributed by atoms with Gasteiger partial charge in [0.2, 0.25) is 0 Å². The fourth-order valence-electron chi connectivity index (χ4n) is 1.99. The summed E-state index contributed by atoms with van der Waals surface area (Å²) in [6.07, 6.45) is 4.91. The van der Waals surface area contributed by atoms with Crippen molar-refractivity contribution < 1.29 is 9.59 Å². The van der Waals surface area contributed by atoms with Crippen molar-refractivity contribution in [2.24, 2.45) is 5.92 Å². The molecule has 5 heteroatoms. The smallest absolute Gasteiger partial charge is 0.151 e. The fraction of sp³-hybridized carbons (Fsp3) is 0.417. The van der Waals surface area contributed by atoms with Crippen molar-refractivity contribution in [3.8, 4) is 0 Å². The van der Waals surface area contributed by atoms with E-state index >= 15 is 0 Å². The summed E-state index contributed by atoms with van der Waals surface area (Å²) in [6, 6.07) is 1.61. The van der Waals surface area contributed by atoms with Crippen LogP contribution in [0.25, 0.3) is 0 Å². The molecule has 1 aromatic heterocycles. The average molecular weight is 253 g/mol. The molecule has 4 nitrogen and oxygen atoms in total. The Kier molecular flexibility index (Phi) is 3.74. The largest absolute Gasteiger partial charge is 0.355 e. The molecule has 0 unspecified atom stereocenters. The summed E-state index contributed by atoms with van der Waals surface area (Å²) >= 11 is 6.08. The second-order valence-electron chi connectivity index (χ2n) is 4.15. The second kappa shape index (κ2) is 5.27. The molecular weight excluding hydrogens is 240 g/mol. The van der Waals surface area contributed by atoms with Gasteiger partial charge in [0, 0.05) is 30.8 Å². The highest BCUT2D eigenvalue weighted by atomic mass is 35.5. The van der Waals surface area contributed by atoms with Crippen molar-refractivity contribution in [3.05, 3.63) is 22.8 Å². The molecule has 2 heterocycles. The highest BCUT2D eigenvalue weighted by Crippen LogP contribution is 2.27. The molecular formula is C12H13ClN2O2. The number of aldehydes is 2. The SMILES string of the molecule is O=Cc1cnc(N2CCC(C=O)CC2)c(Cl)c1. The maximum Gasteiger partial charge on any atom is 0.151 e. The third kappa shape index (κ3) is 2.64. The number of rotatable bonds is 3. The van der Waals surface area contributed by atoms with E-state index in [2.05, 4.69) is 9.88 Å². The topological polar surface area (TPSA) is 50.3 Å². The molecule has 17 heavy (non-hydrogen) atoms. The molecule has 1 aliphatic heterocycles. The van der Waals surface area contributed by atoms with Gasteiger partial charge in [-0.3, -0.25) is 4.79 Å². The standard InChI is InChI=1S/C12H13ClN2O2/c13-11-5-10(8-17)6-14-12(11)15-3-1-9(7-16)2-4-15/h5-9H,1-4H2. The van der Waals surface area contributed by atoms with Gasteiger partial charge in [-0.05, 0) is 18.9 Å². The number of hydrogen-bond acceptors (Lipinski definition) is 4. The zero-order valence-electron chi connectivity index (χ0n) is 9.30. The molecule has 0 atom stereocenters. The van der Waals surface area contributed by atoms with Gasteiger partial charge in [0.25, 0.3) is 0 Å². The van der Waals surface area contributed by atoms with Crippen LogP contribution in [0.15, 0.2) is 12.3 Å². The number of nitrogens with zero attached hydrogens (tertiary/aromatic N) is 2. The number of carbonyl (C=O) groups excluding carboxylic acids is 2. The number of pyridine rings is 1. The van der Waals surface area contributed by atoms with E-state index in [9.17, 15) is 9.59 Å². The van der Waals surface area contributed by atoms with Gasteiger partial charge in [-0.2, -0.15) is 0 Å². The molecule has 0 N–H and O–H groups in total. The van der Waals surface area contributed by atoms with Crippen molar-refractivity contribution in [1.82, 2.24) is 4.98 Å². The molecule has 0 bridgehead atoms. The zero-order chi connectivity index (χ0) is 12.3. The quantitative estimate of drug-likeness (QED) is 0.772. The zero-order valence-corrected chi connectivity index (χ0v) is 10.1. The predicted molar refractivity (Wildman–Crippen MR) is 65.6 cm³/mol. The molecule has 0 spiro atoms. The van der Waals surface area contributed by atoms with E-state index in [0.717, 1.165) is 38.5 Å². The summed E-state index contributed by atoms with van der Waals surface area (Å²) < 4.78 is 0. The van der Waals surface area contributed by atoms with Crippen LogP contribution in [-0.4, -0.2) is 30.6 Å². The molecule has 0 amide bonds. The fourth-order valence-corrected chi connectivity index (χ4v) is 2.28. The third-order valence-corrected chi connectivity index (χ3v) is 3.29. The first-order valence-electron chi connectivity index (χ1n) is 5.55. The number of halogens is 1. The van der Waals surface area contributed by atoms with Crippen LogP contribution in [-0.2, 0) is 4.79 Å². The number of hydrogen-bond donors (Lipinski definition) is 0. The molecule has 1 fully saturated rings. The Morgan fingerprint density at radius 3 is 2.59 bits per heavy atom. The minimum atomic E-state index is 0.152. The van der Waals surface area contributed by atoms with Crippen LogP contribution in [0.3, 0.4) is 0 Å². The van der Waals surface area contributed by atoms with Crippen LogP contribution in [0.1, 0.15) is 23.2 Å². The number of piperidine rings is 1. The summed E-state index contributed by atoms with van der Waals surface area (Å²) in [5.41, 5.74) is 0.474. The summed E-state index contributed by atoms with van der Waals surface area (Å²) in [4.78, 5) is 27.5. The normalized spacial score (nSPS) is 16.9. The first-order chi connectivity index (χ1) is 8.24. The van der Waals surface area contributed by atoms with E-state index in [1.165, 1.54) is 6.20 Å². The highest BCUT2D eigenvalue weighted by Gasteiger charge is 2.21. The summed E-state index contributed by atoms with van der Waals surface area (Å²) in [5.74, 6) is 0.848. The lowest BCUT2D eigenvalue weighted by Crippen LogP contribution is -2.34. The van der Waals surface area contributed by atoms with Crippen molar-refractivity contribution >= 4 is 30.0 Å². The van der Waals surface area contributed by atoms with Gasteiger partial charge >= 0.3 is 0 Å². The van der Waals surface area contributed by atoms with E-state index in [1.807, 2.05) is 0 Å². The number of carbonyl (C=O) groups is 2. The van der Waals surface area contributed by atoms with Gasteiger partial charge < -0.3 is 9.69 Å². The lowest BCUT2D eigenvalue weighted by atomic mass is 9.99. The molecule has 2 rings (SSSR count). The van der Waals surface area contributed by atoms with Gasteiger partial charge in [0.15, 0.2) is 6.29 Å². The molecule has 0 aliphatic carbocycles. The van der Waals surface area contributed by atoms with Crippen molar-refractivity contribution in [3.63, 3.8) is 0 Å². The average Bonchev–Trinajstić information content (AvgIpc) is 2.39. The Morgan fingerprint density at radius 1 is 1.35 bits per heavy atom. The highest BCUT2D eigenvalue weighted by molar-refractivity contribution is 6.33. The van der Waals surface area contributed by atoms with Crippen LogP contribution < -0.4 is 4.90 Å². The Morgan fingerprint density at radius 2 is 2.06 bits per heavy atom. The Balaban J connectivity index is 2.13. The Hall–Kier alpha value is -1.42. The maximum atomic E-state index is 10.7. The van der Waals surface area contributed by atoms with Gasteiger partial charge in [0.1, 0.15) is 12.1 Å². The summed E-state index contributed by atoms with van der Waals surface area (Å²) in [7, 11) is 0. The van der Waals surface area contributed by atoms with Gasteiger partial charge in [-0.15, -0.1) is 0 Å². The molecule has 0 radical (unpaired) electrons. The minimum absolute atomic E-state index is 0.152. The van der Waals surface area contributed by atoms with E-state index in [4.69, 9.17) is 11.6 Å². The van der Waals surface area contributed by atoms with Crippen molar-refractivity contribution in [1.29, 1.82) is 0 Å². The molecule has 0 aromatic carbocycles. The lowest BCUT2D eigenvalue weighted by molar-refractivity contribution is -0.111. The first-order valence-corrected chi connectivity index (χ1v) is 5.93. The van der Waals surface area contributed by atoms with Crippen LogP contribution in [0.5, 0.6) is 0 Å². The molecule has 0 saturated carbocycles. The van der Waals surface area contributed by atoms with Gasteiger partial charge in [0.05, 0.1) is 5.02 Å². The monoisotopic (exact) mass is 252 g/mol. The van der Waals surface area contributed by atoms with E-state index in [0.29, 0.717) is 16.4 Å². The number of aromatic nitrogens is 1. The predicted octanol–water partition coefficient (Wildman–Crippen LogP) is 1.96. The maximum absolute atomic E-state index is 10.7. The van der Waals surface area contributed by atoms with Crippen molar-refractivity contribution in [2.75, 3.05) is 18.0 Å². The van der Waals surface area contributed by atoms with Crippen molar-refractivity contribution in [2.45, 2.75) is 12.8 Å². The Labute approximate surface area is 105 Å². The lowest BCUT2D eigenvalue weighted by Gasteiger charge is -2.31. The van der Waals surface area contributed by atoms with Gasteiger partial charge in [-0.25, -0.2) is 4.98 Å². The molecule has 90 valence electrons. The van der Waals surface area contributed by atoms with Crippen LogP contribution >= 0.6 is 11.6 Å².